The number of hydrogen-bond acceptors (Lipinski definition) is 4. The molecule has 0 bridgehead atoms. The molecule has 1 aliphatic heterocycles. The van der Waals surface area contributed by atoms with E-state index in [1.165, 1.54) is 5.56 Å². The Balaban J connectivity index is 1.49. The maximum absolute atomic E-state index is 6.40. The molecule has 1 fully saturated rings. The Morgan fingerprint density at radius 3 is 2.79 bits per heavy atom. The van der Waals surface area contributed by atoms with E-state index in [0.717, 1.165) is 55.3 Å². The number of pyridine rings is 1. The van der Waals surface area contributed by atoms with Crippen LogP contribution in [0.3, 0.4) is 0 Å². The van der Waals surface area contributed by atoms with Gasteiger partial charge in [-0.3, -0.25) is 14.6 Å². The minimum atomic E-state index is 0.330. The average molecular weight is 349 g/mol. The van der Waals surface area contributed by atoms with Crippen molar-refractivity contribution >= 4 is 11.6 Å². The summed E-state index contributed by atoms with van der Waals surface area (Å²) in [5.74, 6) is 0. The van der Waals surface area contributed by atoms with Crippen molar-refractivity contribution in [2.24, 2.45) is 7.05 Å². The molecule has 0 saturated carbocycles. The second-order valence-electron chi connectivity index (χ2n) is 6.34. The predicted molar refractivity (Wildman–Crippen MR) is 94.9 cm³/mol. The lowest BCUT2D eigenvalue weighted by molar-refractivity contribution is -0.00406. The monoisotopic (exact) mass is 348 g/mol. The lowest BCUT2D eigenvalue weighted by Crippen LogP contribution is -2.36. The molecule has 24 heavy (non-hydrogen) atoms. The van der Waals surface area contributed by atoms with Crippen LogP contribution in [-0.4, -0.2) is 38.9 Å². The van der Waals surface area contributed by atoms with E-state index in [1.807, 2.05) is 19.3 Å². The molecule has 3 heterocycles. The number of piperidine rings is 1. The second kappa shape index (κ2) is 8.10. The summed E-state index contributed by atoms with van der Waals surface area (Å²) < 4.78 is 7.81. The van der Waals surface area contributed by atoms with E-state index >= 15 is 0 Å². The van der Waals surface area contributed by atoms with Crippen LogP contribution in [0, 0.1) is 0 Å². The van der Waals surface area contributed by atoms with Gasteiger partial charge in [0.2, 0.25) is 0 Å². The minimum absolute atomic E-state index is 0.330. The summed E-state index contributed by atoms with van der Waals surface area (Å²) in [6.07, 6.45) is 7.01. The van der Waals surface area contributed by atoms with Crippen LogP contribution >= 0.6 is 11.6 Å². The van der Waals surface area contributed by atoms with Crippen LogP contribution in [0.4, 0.5) is 0 Å². The standard InChI is InChI=1S/C18H25ClN4O/c1-3-17-16(18(19)22(2)21-17)12-23-9-6-15(7-10-23)24-13-14-5-4-8-20-11-14/h4-5,8,11,15H,3,6-7,9-10,12-13H2,1-2H3. The maximum atomic E-state index is 6.40. The van der Waals surface area contributed by atoms with E-state index in [4.69, 9.17) is 16.3 Å². The highest BCUT2D eigenvalue weighted by atomic mass is 35.5. The first-order valence-electron chi connectivity index (χ1n) is 8.60. The van der Waals surface area contributed by atoms with Crippen molar-refractivity contribution in [2.45, 2.75) is 45.4 Å². The Labute approximate surface area is 148 Å². The zero-order chi connectivity index (χ0) is 16.9. The Kier molecular flexibility index (Phi) is 5.87. The number of hydrogen-bond donors (Lipinski definition) is 0. The molecule has 1 saturated heterocycles. The minimum Gasteiger partial charge on any atom is -0.373 e. The fourth-order valence-electron chi connectivity index (χ4n) is 3.20. The van der Waals surface area contributed by atoms with E-state index in [-0.39, 0.29) is 0 Å². The number of nitrogens with zero attached hydrogens (tertiary/aromatic N) is 4. The third-order valence-electron chi connectivity index (χ3n) is 4.61. The van der Waals surface area contributed by atoms with Crippen molar-refractivity contribution in [3.63, 3.8) is 0 Å². The number of likely N-dealkylation sites (tertiary alicyclic amines) is 1. The molecule has 0 unspecified atom stereocenters. The van der Waals surface area contributed by atoms with E-state index < -0.39 is 0 Å². The van der Waals surface area contributed by atoms with Gasteiger partial charge in [-0.1, -0.05) is 24.6 Å². The Morgan fingerprint density at radius 2 is 2.12 bits per heavy atom. The van der Waals surface area contributed by atoms with Crippen molar-refractivity contribution in [1.29, 1.82) is 0 Å². The quantitative estimate of drug-likeness (QED) is 0.804. The third-order valence-corrected chi connectivity index (χ3v) is 5.08. The molecule has 1 aliphatic rings. The van der Waals surface area contributed by atoms with E-state index in [1.54, 1.807) is 10.9 Å². The van der Waals surface area contributed by atoms with E-state index in [0.29, 0.717) is 12.7 Å². The molecule has 0 radical (unpaired) electrons. The van der Waals surface area contributed by atoms with Gasteiger partial charge in [0.05, 0.1) is 18.4 Å². The van der Waals surface area contributed by atoms with Gasteiger partial charge < -0.3 is 4.74 Å². The van der Waals surface area contributed by atoms with Crippen LogP contribution in [0.2, 0.25) is 5.15 Å². The van der Waals surface area contributed by atoms with Gasteiger partial charge >= 0.3 is 0 Å². The van der Waals surface area contributed by atoms with Crippen molar-refractivity contribution in [1.82, 2.24) is 19.7 Å². The first-order valence-corrected chi connectivity index (χ1v) is 8.98. The number of aromatic nitrogens is 3. The fraction of sp³-hybridized carbons (Fsp3) is 0.556. The Bertz CT molecular complexity index is 651. The summed E-state index contributed by atoms with van der Waals surface area (Å²) in [6, 6.07) is 4.00. The summed E-state index contributed by atoms with van der Waals surface area (Å²) in [7, 11) is 1.91. The molecule has 130 valence electrons. The normalized spacial score (nSPS) is 16.6. The van der Waals surface area contributed by atoms with Crippen LogP contribution < -0.4 is 0 Å². The summed E-state index contributed by atoms with van der Waals surface area (Å²) in [5, 5.41) is 5.27. The highest BCUT2D eigenvalue weighted by Crippen LogP contribution is 2.24. The van der Waals surface area contributed by atoms with Crippen LogP contribution in [0.25, 0.3) is 0 Å². The molecule has 2 aromatic rings. The molecular weight excluding hydrogens is 324 g/mol. The van der Waals surface area contributed by atoms with Gasteiger partial charge in [0.25, 0.3) is 0 Å². The third kappa shape index (κ3) is 4.15. The number of rotatable bonds is 6. The Morgan fingerprint density at radius 1 is 1.33 bits per heavy atom. The summed E-state index contributed by atoms with van der Waals surface area (Å²) in [6.45, 7) is 5.72. The highest BCUT2D eigenvalue weighted by Gasteiger charge is 2.22. The lowest BCUT2D eigenvalue weighted by atomic mass is 10.1. The number of ether oxygens (including phenoxy) is 1. The van der Waals surface area contributed by atoms with Crippen molar-refractivity contribution in [3.8, 4) is 0 Å². The first kappa shape index (κ1) is 17.4. The molecule has 3 rings (SSSR count). The van der Waals surface area contributed by atoms with Crippen molar-refractivity contribution in [3.05, 3.63) is 46.5 Å². The molecule has 0 aliphatic carbocycles. The molecule has 0 spiro atoms. The maximum Gasteiger partial charge on any atom is 0.131 e. The predicted octanol–water partition coefficient (Wildman–Crippen LogP) is 3.21. The molecule has 0 aromatic carbocycles. The zero-order valence-electron chi connectivity index (χ0n) is 14.4. The molecule has 5 nitrogen and oxygen atoms in total. The largest absolute Gasteiger partial charge is 0.373 e. The molecule has 0 atom stereocenters. The topological polar surface area (TPSA) is 43.2 Å². The molecular formula is C18H25ClN4O. The smallest absolute Gasteiger partial charge is 0.131 e. The van der Waals surface area contributed by atoms with Gasteiger partial charge in [-0.15, -0.1) is 0 Å². The molecule has 6 heteroatoms. The van der Waals surface area contributed by atoms with Gasteiger partial charge in [0.1, 0.15) is 5.15 Å². The summed E-state index contributed by atoms with van der Waals surface area (Å²) in [4.78, 5) is 6.58. The number of aryl methyl sites for hydroxylation is 2. The van der Waals surface area contributed by atoms with E-state index in [2.05, 4.69) is 28.0 Å². The van der Waals surface area contributed by atoms with Gasteiger partial charge in [-0.05, 0) is 30.9 Å². The summed E-state index contributed by atoms with van der Waals surface area (Å²) in [5.41, 5.74) is 3.42. The van der Waals surface area contributed by atoms with Crippen LogP contribution in [-0.2, 0) is 31.4 Å². The fourth-order valence-corrected chi connectivity index (χ4v) is 3.40. The molecule has 2 aromatic heterocycles. The molecule has 0 N–H and O–H groups in total. The highest BCUT2D eigenvalue weighted by molar-refractivity contribution is 6.30. The SMILES string of the molecule is CCc1nn(C)c(Cl)c1CN1CCC(OCc2cccnc2)CC1. The first-order chi connectivity index (χ1) is 11.7. The van der Waals surface area contributed by atoms with Crippen LogP contribution in [0.15, 0.2) is 24.5 Å². The summed E-state index contributed by atoms with van der Waals surface area (Å²) >= 11 is 6.40. The van der Waals surface area contributed by atoms with Gasteiger partial charge in [-0.25, -0.2) is 0 Å². The van der Waals surface area contributed by atoms with E-state index in [9.17, 15) is 0 Å². The number of halogens is 1. The van der Waals surface area contributed by atoms with Gasteiger partial charge in [0, 0.05) is 44.6 Å². The van der Waals surface area contributed by atoms with Crippen molar-refractivity contribution < 1.29 is 4.74 Å². The molecule has 0 amide bonds. The van der Waals surface area contributed by atoms with Crippen molar-refractivity contribution in [2.75, 3.05) is 13.1 Å². The van der Waals surface area contributed by atoms with Crippen LogP contribution in [0.5, 0.6) is 0 Å². The average Bonchev–Trinajstić information content (AvgIpc) is 2.90. The van der Waals surface area contributed by atoms with Crippen LogP contribution in [0.1, 0.15) is 36.6 Å². The second-order valence-corrected chi connectivity index (χ2v) is 6.70. The van der Waals surface area contributed by atoms with Gasteiger partial charge in [0.15, 0.2) is 0 Å². The zero-order valence-corrected chi connectivity index (χ0v) is 15.2. The Hall–Kier alpha value is -1.43. The lowest BCUT2D eigenvalue weighted by Gasteiger charge is -2.31. The van der Waals surface area contributed by atoms with Gasteiger partial charge in [-0.2, -0.15) is 5.10 Å².